The van der Waals surface area contributed by atoms with E-state index in [0.29, 0.717) is 12.2 Å². The second kappa shape index (κ2) is 4.54. The molecule has 0 amide bonds. The molecule has 0 atom stereocenters. The van der Waals surface area contributed by atoms with E-state index >= 15 is 0 Å². The van der Waals surface area contributed by atoms with Gasteiger partial charge in [-0.15, -0.1) is 0 Å². The normalized spacial score (nSPS) is 10.5. The third-order valence-electron chi connectivity index (χ3n) is 3.07. The average Bonchev–Trinajstić information content (AvgIpc) is 2.82. The SMILES string of the molecule is N#Cc1ncccc1Cn1ccc2ccc(F)cc21. The summed E-state index contributed by atoms with van der Waals surface area (Å²) in [5.74, 6) is -0.265. The van der Waals surface area contributed by atoms with Crippen molar-refractivity contribution in [2.24, 2.45) is 0 Å². The van der Waals surface area contributed by atoms with Crippen molar-refractivity contribution in [3.63, 3.8) is 0 Å². The van der Waals surface area contributed by atoms with E-state index in [1.807, 2.05) is 22.9 Å². The first-order valence-corrected chi connectivity index (χ1v) is 5.86. The third-order valence-corrected chi connectivity index (χ3v) is 3.07. The van der Waals surface area contributed by atoms with Crippen LogP contribution in [0.3, 0.4) is 0 Å². The number of nitrogens with zero attached hydrogens (tertiary/aromatic N) is 3. The van der Waals surface area contributed by atoms with Crippen LogP contribution < -0.4 is 0 Å². The van der Waals surface area contributed by atoms with Gasteiger partial charge in [-0.05, 0) is 35.7 Å². The summed E-state index contributed by atoms with van der Waals surface area (Å²) in [5.41, 5.74) is 2.04. The maximum Gasteiger partial charge on any atom is 0.145 e. The molecule has 3 aromatic rings. The molecule has 0 saturated heterocycles. The van der Waals surface area contributed by atoms with Crippen molar-refractivity contribution in [2.75, 3.05) is 0 Å². The van der Waals surface area contributed by atoms with Gasteiger partial charge in [-0.25, -0.2) is 9.37 Å². The lowest BCUT2D eigenvalue weighted by Gasteiger charge is -2.06. The van der Waals surface area contributed by atoms with Gasteiger partial charge >= 0.3 is 0 Å². The van der Waals surface area contributed by atoms with Crippen molar-refractivity contribution in [3.05, 3.63) is 65.9 Å². The van der Waals surface area contributed by atoms with E-state index in [1.54, 1.807) is 18.3 Å². The van der Waals surface area contributed by atoms with Gasteiger partial charge < -0.3 is 4.57 Å². The van der Waals surface area contributed by atoms with Gasteiger partial charge in [0.15, 0.2) is 0 Å². The van der Waals surface area contributed by atoms with Crippen molar-refractivity contribution < 1.29 is 4.39 Å². The first-order chi connectivity index (χ1) is 9.28. The Labute approximate surface area is 109 Å². The van der Waals surface area contributed by atoms with E-state index in [4.69, 9.17) is 5.26 Å². The lowest BCUT2D eigenvalue weighted by molar-refractivity contribution is 0.628. The van der Waals surface area contributed by atoms with Crippen LogP contribution in [0.4, 0.5) is 4.39 Å². The zero-order chi connectivity index (χ0) is 13.2. The summed E-state index contributed by atoms with van der Waals surface area (Å²) in [6, 6.07) is 12.3. The number of rotatable bonds is 2. The first kappa shape index (κ1) is 11.4. The Bertz CT molecular complexity index is 783. The highest BCUT2D eigenvalue weighted by atomic mass is 19.1. The molecule has 0 spiro atoms. The summed E-state index contributed by atoms with van der Waals surface area (Å²) in [6.07, 6.45) is 3.48. The van der Waals surface area contributed by atoms with Gasteiger partial charge in [0.25, 0.3) is 0 Å². The Hall–Kier alpha value is -2.67. The number of benzene rings is 1. The topological polar surface area (TPSA) is 41.6 Å². The van der Waals surface area contributed by atoms with Crippen LogP contribution in [-0.4, -0.2) is 9.55 Å². The minimum atomic E-state index is -0.265. The van der Waals surface area contributed by atoms with Crippen LogP contribution in [0.2, 0.25) is 0 Å². The number of fused-ring (bicyclic) bond motifs is 1. The highest BCUT2D eigenvalue weighted by molar-refractivity contribution is 5.80. The van der Waals surface area contributed by atoms with Crippen molar-refractivity contribution in [1.29, 1.82) is 5.26 Å². The van der Waals surface area contributed by atoms with Gasteiger partial charge in [-0.3, -0.25) is 0 Å². The second-order valence-electron chi connectivity index (χ2n) is 4.27. The molecule has 0 aliphatic heterocycles. The standard InChI is InChI=1S/C15H10FN3/c16-13-4-3-11-5-7-19(15(11)8-13)10-12-2-1-6-18-14(12)9-17/h1-8H,10H2. The summed E-state index contributed by atoms with van der Waals surface area (Å²) < 4.78 is 15.2. The average molecular weight is 251 g/mol. The molecular weight excluding hydrogens is 241 g/mol. The number of aromatic nitrogens is 2. The quantitative estimate of drug-likeness (QED) is 0.702. The summed E-state index contributed by atoms with van der Waals surface area (Å²) in [4.78, 5) is 4.03. The van der Waals surface area contributed by atoms with Crippen LogP contribution in [0.25, 0.3) is 10.9 Å². The number of pyridine rings is 1. The van der Waals surface area contributed by atoms with Crippen molar-refractivity contribution in [2.45, 2.75) is 6.54 Å². The van der Waals surface area contributed by atoms with Crippen LogP contribution in [0, 0.1) is 17.1 Å². The molecule has 3 nitrogen and oxygen atoms in total. The van der Waals surface area contributed by atoms with E-state index < -0.39 is 0 Å². The second-order valence-corrected chi connectivity index (χ2v) is 4.27. The van der Waals surface area contributed by atoms with Gasteiger partial charge in [0.1, 0.15) is 17.6 Å². The molecule has 19 heavy (non-hydrogen) atoms. The molecule has 0 aliphatic carbocycles. The van der Waals surface area contributed by atoms with E-state index in [9.17, 15) is 4.39 Å². The van der Waals surface area contributed by atoms with E-state index in [2.05, 4.69) is 11.1 Å². The molecule has 0 radical (unpaired) electrons. The predicted molar refractivity (Wildman–Crippen MR) is 70.0 cm³/mol. The van der Waals surface area contributed by atoms with E-state index in [-0.39, 0.29) is 5.82 Å². The Morgan fingerprint density at radius 1 is 1.26 bits per heavy atom. The van der Waals surface area contributed by atoms with Gasteiger partial charge in [0.2, 0.25) is 0 Å². The Balaban J connectivity index is 2.06. The fourth-order valence-electron chi connectivity index (χ4n) is 2.15. The van der Waals surface area contributed by atoms with Crippen LogP contribution >= 0.6 is 0 Å². The Morgan fingerprint density at radius 3 is 3.00 bits per heavy atom. The molecule has 0 unspecified atom stereocenters. The summed E-state index contributed by atoms with van der Waals surface area (Å²) in [6.45, 7) is 0.504. The minimum absolute atomic E-state index is 0.265. The number of halogens is 1. The highest BCUT2D eigenvalue weighted by Crippen LogP contribution is 2.19. The van der Waals surface area contributed by atoms with Crippen LogP contribution in [0.1, 0.15) is 11.3 Å². The summed E-state index contributed by atoms with van der Waals surface area (Å²) in [7, 11) is 0. The molecule has 0 saturated carbocycles. The van der Waals surface area contributed by atoms with Crippen LogP contribution in [0.15, 0.2) is 48.8 Å². The molecule has 3 rings (SSSR count). The maximum absolute atomic E-state index is 13.3. The van der Waals surface area contributed by atoms with E-state index in [1.165, 1.54) is 12.1 Å². The molecule has 2 aromatic heterocycles. The summed E-state index contributed by atoms with van der Waals surface area (Å²) >= 11 is 0. The summed E-state index contributed by atoms with van der Waals surface area (Å²) in [5, 5.41) is 10.00. The number of hydrogen-bond acceptors (Lipinski definition) is 2. The Kier molecular flexibility index (Phi) is 2.73. The highest BCUT2D eigenvalue weighted by Gasteiger charge is 2.06. The smallest absolute Gasteiger partial charge is 0.145 e. The van der Waals surface area contributed by atoms with Gasteiger partial charge in [0, 0.05) is 18.0 Å². The largest absolute Gasteiger partial charge is 0.343 e. The van der Waals surface area contributed by atoms with Crippen LogP contribution in [-0.2, 0) is 6.54 Å². The fourth-order valence-corrected chi connectivity index (χ4v) is 2.15. The number of hydrogen-bond donors (Lipinski definition) is 0. The molecule has 0 aliphatic rings. The van der Waals surface area contributed by atoms with Crippen molar-refractivity contribution in [1.82, 2.24) is 9.55 Å². The molecule has 0 bridgehead atoms. The van der Waals surface area contributed by atoms with Gasteiger partial charge in [-0.2, -0.15) is 5.26 Å². The first-order valence-electron chi connectivity index (χ1n) is 5.86. The van der Waals surface area contributed by atoms with Gasteiger partial charge in [-0.1, -0.05) is 6.07 Å². The lowest BCUT2D eigenvalue weighted by Crippen LogP contribution is -2.01. The molecule has 92 valence electrons. The van der Waals surface area contributed by atoms with Crippen molar-refractivity contribution in [3.8, 4) is 6.07 Å². The lowest BCUT2D eigenvalue weighted by atomic mass is 10.2. The van der Waals surface area contributed by atoms with Crippen molar-refractivity contribution >= 4 is 10.9 Å². The van der Waals surface area contributed by atoms with E-state index in [0.717, 1.165) is 16.5 Å². The predicted octanol–water partition coefficient (Wildman–Crippen LogP) is 3.10. The Morgan fingerprint density at radius 2 is 2.16 bits per heavy atom. The molecular formula is C15H10FN3. The van der Waals surface area contributed by atoms with Gasteiger partial charge in [0.05, 0.1) is 12.1 Å². The zero-order valence-electron chi connectivity index (χ0n) is 10.0. The fraction of sp³-hybridized carbons (Fsp3) is 0.0667. The van der Waals surface area contributed by atoms with Crippen LogP contribution in [0.5, 0.6) is 0 Å². The molecule has 0 N–H and O–H groups in total. The third kappa shape index (κ3) is 2.06. The monoisotopic (exact) mass is 251 g/mol. The molecule has 2 heterocycles. The zero-order valence-corrected chi connectivity index (χ0v) is 10.0. The molecule has 1 aromatic carbocycles. The molecule has 0 fully saturated rings. The minimum Gasteiger partial charge on any atom is -0.343 e. The number of nitriles is 1. The molecule has 4 heteroatoms. The maximum atomic E-state index is 13.3.